The Morgan fingerprint density at radius 3 is 2.64 bits per heavy atom. The lowest BCUT2D eigenvalue weighted by molar-refractivity contribution is -0.384. The molecule has 0 saturated heterocycles. The second-order valence-electron chi connectivity index (χ2n) is 6.59. The van der Waals surface area contributed by atoms with Crippen LogP contribution in [-0.2, 0) is 0 Å². The van der Waals surface area contributed by atoms with Gasteiger partial charge in [-0.3, -0.25) is 14.9 Å². The van der Waals surface area contributed by atoms with Gasteiger partial charge < -0.3 is 5.43 Å². The maximum Gasteiger partial charge on any atom is 0.269 e. The first-order valence-electron chi connectivity index (χ1n) is 8.64. The summed E-state index contributed by atoms with van der Waals surface area (Å²) in [4.78, 5) is 24.0. The molecule has 2 aromatic carbocycles. The lowest BCUT2D eigenvalue weighted by Crippen LogP contribution is -2.39. The Morgan fingerprint density at radius 2 is 1.93 bits per heavy atom. The summed E-state index contributed by atoms with van der Waals surface area (Å²) in [6, 6.07) is 13.3. The number of ketones is 1. The van der Waals surface area contributed by atoms with Gasteiger partial charge >= 0.3 is 0 Å². The van der Waals surface area contributed by atoms with E-state index in [1.54, 1.807) is 35.9 Å². The highest BCUT2D eigenvalue weighted by molar-refractivity contribution is 8.00. The van der Waals surface area contributed by atoms with E-state index in [4.69, 9.17) is 0 Å². The molecule has 0 spiro atoms. The quantitative estimate of drug-likeness (QED) is 0.410. The Kier molecular flexibility index (Phi) is 4.60. The normalized spacial score (nSPS) is 18.2. The number of nitro groups is 1. The molecule has 0 radical (unpaired) electrons. The molecular weight excluding hydrogens is 378 g/mol. The lowest BCUT2D eigenvalue weighted by Gasteiger charge is -2.32. The first-order chi connectivity index (χ1) is 13.4. The number of benzene rings is 2. The van der Waals surface area contributed by atoms with Crippen LogP contribution in [0, 0.1) is 24.0 Å². The molecule has 1 aromatic heterocycles. The monoisotopic (exact) mass is 395 g/mol. The van der Waals surface area contributed by atoms with Crippen LogP contribution in [-0.4, -0.2) is 30.8 Å². The van der Waals surface area contributed by atoms with Crippen molar-refractivity contribution in [3.05, 3.63) is 81.2 Å². The number of nitro benzene ring substituents is 1. The van der Waals surface area contributed by atoms with Crippen molar-refractivity contribution in [3.8, 4) is 0 Å². The van der Waals surface area contributed by atoms with Crippen molar-refractivity contribution in [1.82, 2.24) is 14.9 Å². The SMILES string of the molecule is Cc1ccc(C(=O)C2Sc3nnc(C)n3NC2c2cccc([N+](=O)[O-])c2)cc1. The summed E-state index contributed by atoms with van der Waals surface area (Å²) in [6.07, 6.45) is 0. The van der Waals surface area contributed by atoms with Crippen LogP contribution >= 0.6 is 11.8 Å². The van der Waals surface area contributed by atoms with Gasteiger partial charge in [0.25, 0.3) is 5.69 Å². The number of hydrogen-bond acceptors (Lipinski definition) is 7. The fourth-order valence-corrected chi connectivity index (χ4v) is 4.33. The molecule has 2 atom stereocenters. The molecule has 0 saturated carbocycles. The second-order valence-corrected chi connectivity index (χ2v) is 7.70. The molecule has 4 rings (SSSR count). The van der Waals surface area contributed by atoms with Gasteiger partial charge in [-0.15, -0.1) is 10.2 Å². The van der Waals surface area contributed by atoms with Crippen LogP contribution in [0.2, 0.25) is 0 Å². The average Bonchev–Trinajstić information content (AvgIpc) is 3.07. The van der Waals surface area contributed by atoms with Crippen LogP contribution < -0.4 is 5.43 Å². The predicted molar refractivity (Wildman–Crippen MR) is 105 cm³/mol. The Morgan fingerprint density at radius 1 is 1.18 bits per heavy atom. The number of aromatic nitrogens is 3. The minimum absolute atomic E-state index is 0.0166. The minimum atomic E-state index is -0.541. The topological polar surface area (TPSA) is 103 Å². The van der Waals surface area contributed by atoms with E-state index in [0.29, 0.717) is 22.1 Å². The smallest absolute Gasteiger partial charge is 0.269 e. The Hall–Kier alpha value is -3.20. The molecule has 142 valence electrons. The number of nitrogens with zero attached hydrogens (tertiary/aromatic N) is 4. The average molecular weight is 395 g/mol. The number of nitrogens with one attached hydrogen (secondary N) is 1. The third-order valence-corrected chi connectivity index (χ3v) is 5.85. The van der Waals surface area contributed by atoms with Gasteiger partial charge in [-0.1, -0.05) is 53.7 Å². The number of fused-ring (bicyclic) bond motifs is 1. The van der Waals surface area contributed by atoms with Crippen LogP contribution in [0.15, 0.2) is 53.7 Å². The number of aryl methyl sites for hydroxylation is 2. The zero-order valence-corrected chi connectivity index (χ0v) is 16.0. The van der Waals surface area contributed by atoms with Gasteiger partial charge in [0.05, 0.1) is 11.0 Å². The van der Waals surface area contributed by atoms with E-state index in [9.17, 15) is 14.9 Å². The maximum atomic E-state index is 13.3. The maximum absolute atomic E-state index is 13.3. The van der Waals surface area contributed by atoms with E-state index in [1.165, 1.54) is 23.9 Å². The molecule has 8 nitrogen and oxygen atoms in total. The summed E-state index contributed by atoms with van der Waals surface area (Å²) in [5.41, 5.74) is 5.56. The van der Waals surface area contributed by atoms with E-state index in [2.05, 4.69) is 15.6 Å². The molecular formula is C19H17N5O3S. The first-order valence-corrected chi connectivity index (χ1v) is 9.52. The summed E-state index contributed by atoms with van der Waals surface area (Å²) in [6.45, 7) is 3.76. The highest BCUT2D eigenvalue weighted by Gasteiger charge is 2.38. The van der Waals surface area contributed by atoms with Crippen molar-refractivity contribution in [1.29, 1.82) is 0 Å². The fourth-order valence-electron chi connectivity index (χ4n) is 3.12. The van der Waals surface area contributed by atoms with Gasteiger partial charge in [-0.2, -0.15) is 0 Å². The molecule has 3 aromatic rings. The van der Waals surface area contributed by atoms with Gasteiger partial charge in [0.15, 0.2) is 5.78 Å². The van der Waals surface area contributed by atoms with E-state index >= 15 is 0 Å². The molecule has 1 N–H and O–H groups in total. The zero-order valence-electron chi connectivity index (χ0n) is 15.2. The van der Waals surface area contributed by atoms with Crippen molar-refractivity contribution in [3.63, 3.8) is 0 Å². The fraction of sp³-hybridized carbons (Fsp3) is 0.211. The van der Waals surface area contributed by atoms with Crippen LogP contribution in [0.5, 0.6) is 0 Å². The Labute approximate surface area is 165 Å². The van der Waals surface area contributed by atoms with Gasteiger partial charge in [-0.25, -0.2) is 4.68 Å². The molecule has 1 aliphatic rings. The zero-order chi connectivity index (χ0) is 19.8. The van der Waals surface area contributed by atoms with E-state index in [1.807, 2.05) is 19.1 Å². The molecule has 1 aliphatic heterocycles. The van der Waals surface area contributed by atoms with Crippen LogP contribution in [0.1, 0.15) is 33.4 Å². The van der Waals surface area contributed by atoms with E-state index in [0.717, 1.165) is 5.56 Å². The largest absolute Gasteiger partial charge is 0.313 e. The Bertz CT molecular complexity index is 1060. The molecule has 0 bridgehead atoms. The van der Waals surface area contributed by atoms with Crippen molar-refractivity contribution < 1.29 is 9.72 Å². The van der Waals surface area contributed by atoms with Crippen molar-refractivity contribution >= 4 is 23.2 Å². The summed E-state index contributed by atoms with van der Waals surface area (Å²) in [7, 11) is 0. The molecule has 0 amide bonds. The van der Waals surface area contributed by atoms with Crippen LogP contribution in [0.3, 0.4) is 0 Å². The number of hydrogen-bond donors (Lipinski definition) is 1. The number of carbonyl (C=O) groups excluding carboxylic acids is 1. The molecule has 9 heteroatoms. The highest BCUT2D eigenvalue weighted by atomic mass is 32.2. The van der Waals surface area contributed by atoms with E-state index in [-0.39, 0.29) is 11.5 Å². The Balaban J connectivity index is 1.77. The summed E-state index contributed by atoms with van der Waals surface area (Å²) >= 11 is 1.31. The van der Waals surface area contributed by atoms with Crippen LogP contribution in [0.4, 0.5) is 5.69 Å². The molecule has 2 heterocycles. The minimum Gasteiger partial charge on any atom is -0.313 e. The lowest BCUT2D eigenvalue weighted by atomic mass is 9.97. The first kappa shape index (κ1) is 18.2. The summed E-state index contributed by atoms with van der Waals surface area (Å²) in [5.74, 6) is 0.583. The standard InChI is InChI=1S/C19H17N5O3S/c1-11-6-8-13(9-7-11)17(25)18-16(14-4-3-5-15(10-14)24(26)27)22-23-12(2)20-21-19(23)28-18/h3-10,16,18,22H,1-2H3. The third-order valence-electron chi connectivity index (χ3n) is 4.63. The van der Waals surface area contributed by atoms with Crippen molar-refractivity contribution in [2.24, 2.45) is 0 Å². The predicted octanol–water partition coefficient (Wildman–Crippen LogP) is 3.45. The second kappa shape index (κ2) is 7.08. The number of carbonyl (C=O) groups is 1. The van der Waals surface area contributed by atoms with Gasteiger partial charge in [0.2, 0.25) is 5.16 Å². The number of Topliss-reactive ketones (excluding diaryl/α,β-unsaturated/α-hetero) is 1. The van der Waals surface area contributed by atoms with Crippen molar-refractivity contribution in [2.75, 3.05) is 5.43 Å². The van der Waals surface area contributed by atoms with Gasteiger partial charge in [0, 0.05) is 17.7 Å². The summed E-state index contributed by atoms with van der Waals surface area (Å²) in [5, 5.41) is 19.4. The van der Waals surface area contributed by atoms with Crippen molar-refractivity contribution in [2.45, 2.75) is 30.3 Å². The number of thioether (sulfide) groups is 1. The third kappa shape index (κ3) is 3.24. The number of non-ortho nitro benzene ring substituents is 1. The molecule has 2 unspecified atom stereocenters. The highest BCUT2D eigenvalue weighted by Crippen LogP contribution is 2.39. The van der Waals surface area contributed by atoms with Gasteiger partial charge in [0.1, 0.15) is 11.1 Å². The molecule has 0 fully saturated rings. The molecule has 0 aliphatic carbocycles. The van der Waals surface area contributed by atoms with Crippen LogP contribution in [0.25, 0.3) is 0 Å². The van der Waals surface area contributed by atoms with E-state index < -0.39 is 16.2 Å². The molecule has 28 heavy (non-hydrogen) atoms. The van der Waals surface area contributed by atoms with Gasteiger partial charge in [-0.05, 0) is 19.4 Å². The summed E-state index contributed by atoms with van der Waals surface area (Å²) < 4.78 is 1.72. The number of rotatable bonds is 4.